The van der Waals surface area contributed by atoms with Crippen molar-refractivity contribution in [3.8, 4) is 0 Å². The van der Waals surface area contributed by atoms with Crippen molar-refractivity contribution in [3.05, 3.63) is 65.2 Å². The molecule has 0 radical (unpaired) electrons. The number of rotatable bonds is 5. The Morgan fingerprint density at radius 2 is 1.95 bits per heavy atom. The molecule has 19 heavy (non-hydrogen) atoms. The zero-order valence-corrected chi connectivity index (χ0v) is 11.4. The van der Waals surface area contributed by atoms with E-state index in [1.165, 1.54) is 6.07 Å². The van der Waals surface area contributed by atoms with E-state index in [1.807, 2.05) is 31.3 Å². The van der Waals surface area contributed by atoms with E-state index in [9.17, 15) is 4.39 Å². The molecule has 0 aliphatic carbocycles. The van der Waals surface area contributed by atoms with Crippen molar-refractivity contribution in [2.75, 3.05) is 6.54 Å². The summed E-state index contributed by atoms with van der Waals surface area (Å²) in [5.41, 5.74) is 2.94. The Hall–Kier alpha value is -1.74. The third-order valence-corrected chi connectivity index (χ3v) is 3.26. The van der Waals surface area contributed by atoms with Crippen LogP contribution in [0.2, 0.25) is 0 Å². The molecule has 0 aliphatic heterocycles. The molecule has 0 aliphatic rings. The van der Waals surface area contributed by atoms with Crippen LogP contribution in [-0.4, -0.2) is 11.5 Å². The average Bonchev–Trinajstić information content (AvgIpc) is 2.46. The Balaban J connectivity index is 2.49. The molecule has 1 aromatic carbocycles. The summed E-state index contributed by atoms with van der Waals surface area (Å²) in [4.78, 5) is 4.15. The minimum atomic E-state index is -0.174. The van der Waals surface area contributed by atoms with Gasteiger partial charge in [-0.3, -0.25) is 4.98 Å². The van der Waals surface area contributed by atoms with Crippen LogP contribution in [0.5, 0.6) is 0 Å². The predicted molar refractivity (Wildman–Crippen MR) is 75.5 cm³/mol. The van der Waals surface area contributed by atoms with Crippen LogP contribution in [0.3, 0.4) is 0 Å². The van der Waals surface area contributed by atoms with Gasteiger partial charge in [0.25, 0.3) is 0 Å². The second-order valence-corrected chi connectivity index (χ2v) is 4.44. The van der Waals surface area contributed by atoms with Gasteiger partial charge in [-0.1, -0.05) is 32.0 Å². The quantitative estimate of drug-likeness (QED) is 0.888. The van der Waals surface area contributed by atoms with Gasteiger partial charge >= 0.3 is 0 Å². The standard InChI is InChI=1S/C16H19FN2/c1-3-12-11-18-10-9-13(12)16(19-4-2)14-7-5-6-8-15(14)17/h5-11,16,19H,3-4H2,1-2H3. The summed E-state index contributed by atoms with van der Waals surface area (Å²) in [7, 11) is 0. The topological polar surface area (TPSA) is 24.9 Å². The van der Waals surface area contributed by atoms with E-state index in [4.69, 9.17) is 0 Å². The van der Waals surface area contributed by atoms with Gasteiger partial charge in [-0.15, -0.1) is 0 Å². The van der Waals surface area contributed by atoms with E-state index in [1.54, 1.807) is 12.3 Å². The normalized spacial score (nSPS) is 12.4. The Kier molecular flexibility index (Phi) is 4.63. The van der Waals surface area contributed by atoms with E-state index < -0.39 is 0 Å². The summed E-state index contributed by atoms with van der Waals surface area (Å²) in [5, 5.41) is 3.36. The molecule has 2 rings (SSSR count). The number of pyridine rings is 1. The van der Waals surface area contributed by atoms with E-state index in [0.717, 1.165) is 24.1 Å². The first kappa shape index (κ1) is 13.7. The molecule has 1 N–H and O–H groups in total. The number of hydrogen-bond acceptors (Lipinski definition) is 2. The highest BCUT2D eigenvalue weighted by Gasteiger charge is 2.18. The van der Waals surface area contributed by atoms with Crippen LogP contribution in [0.15, 0.2) is 42.7 Å². The highest BCUT2D eigenvalue weighted by atomic mass is 19.1. The fourth-order valence-corrected chi connectivity index (χ4v) is 2.32. The molecule has 1 aromatic heterocycles. The lowest BCUT2D eigenvalue weighted by atomic mass is 9.94. The predicted octanol–water partition coefficient (Wildman–Crippen LogP) is 3.48. The summed E-state index contributed by atoms with van der Waals surface area (Å²) in [6.45, 7) is 4.90. The lowest BCUT2D eigenvalue weighted by molar-refractivity contribution is 0.556. The van der Waals surface area contributed by atoms with E-state index >= 15 is 0 Å². The van der Waals surface area contributed by atoms with Crippen molar-refractivity contribution >= 4 is 0 Å². The molecular weight excluding hydrogens is 239 g/mol. The van der Waals surface area contributed by atoms with Crippen molar-refractivity contribution in [1.82, 2.24) is 10.3 Å². The Bertz CT molecular complexity index is 540. The first-order valence-electron chi connectivity index (χ1n) is 6.68. The molecule has 0 saturated heterocycles. The summed E-state index contributed by atoms with van der Waals surface area (Å²) < 4.78 is 14.0. The summed E-state index contributed by atoms with van der Waals surface area (Å²) >= 11 is 0. The van der Waals surface area contributed by atoms with Gasteiger partial charge in [-0.2, -0.15) is 0 Å². The average molecular weight is 258 g/mol. The van der Waals surface area contributed by atoms with Gasteiger partial charge in [0.15, 0.2) is 0 Å². The zero-order chi connectivity index (χ0) is 13.7. The Morgan fingerprint density at radius 1 is 1.16 bits per heavy atom. The summed E-state index contributed by atoms with van der Waals surface area (Å²) in [6.07, 6.45) is 4.51. The molecule has 1 atom stereocenters. The van der Waals surface area contributed by atoms with Crippen LogP contribution >= 0.6 is 0 Å². The number of nitrogens with one attached hydrogen (secondary N) is 1. The first-order chi connectivity index (χ1) is 9.27. The van der Waals surface area contributed by atoms with Gasteiger partial charge < -0.3 is 5.32 Å². The van der Waals surface area contributed by atoms with Crippen molar-refractivity contribution in [1.29, 1.82) is 0 Å². The Labute approximate surface area is 113 Å². The number of aryl methyl sites for hydroxylation is 1. The third kappa shape index (κ3) is 2.99. The smallest absolute Gasteiger partial charge is 0.128 e. The molecule has 1 unspecified atom stereocenters. The van der Waals surface area contributed by atoms with E-state index in [0.29, 0.717) is 5.56 Å². The maximum atomic E-state index is 14.0. The fourth-order valence-electron chi connectivity index (χ4n) is 2.32. The largest absolute Gasteiger partial charge is 0.306 e. The number of halogens is 1. The minimum absolute atomic E-state index is 0.121. The second-order valence-electron chi connectivity index (χ2n) is 4.44. The van der Waals surface area contributed by atoms with E-state index in [2.05, 4.69) is 17.2 Å². The molecule has 2 nitrogen and oxygen atoms in total. The molecule has 2 aromatic rings. The molecular formula is C16H19FN2. The lowest BCUT2D eigenvalue weighted by Gasteiger charge is -2.21. The van der Waals surface area contributed by atoms with Crippen molar-refractivity contribution in [2.45, 2.75) is 26.3 Å². The lowest BCUT2D eigenvalue weighted by Crippen LogP contribution is -2.24. The number of benzene rings is 1. The van der Waals surface area contributed by atoms with Crippen LogP contribution in [0.4, 0.5) is 4.39 Å². The second kappa shape index (κ2) is 6.43. The zero-order valence-electron chi connectivity index (χ0n) is 11.4. The van der Waals surface area contributed by atoms with Crippen LogP contribution in [0.1, 0.15) is 36.6 Å². The van der Waals surface area contributed by atoms with Gasteiger partial charge in [0.2, 0.25) is 0 Å². The van der Waals surface area contributed by atoms with Crippen LogP contribution < -0.4 is 5.32 Å². The SMILES string of the molecule is CCNC(c1ccccc1F)c1ccncc1CC. The highest BCUT2D eigenvalue weighted by molar-refractivity contribution is 5.36. The van der Waals surface area contributed by atoms with Crippen molar-refractivity contribution in [2.24, 2.45) is 0 Å². The van der Waals surface area contributed by atoms with Crippen molar-refractivity contribution < 1.29 is 4.39 Å². The molecule has 0 saturated carbocycles. The summed E-state index contributed by atoms with van der Waals surface area (Å²) in [5.74, 6) is -0.174. The van der Waals surface area contributed by atoms with E-state index in [-0.39, 0.29) is 11.9 Å². The third-order valence-electron chi connectivity index (χ3n) is 3.26. The van der Waals surface area contributed by atoms with Gasteiger partial charge in [-0.05, 0) is 36.2 Å². The van der Waals surface area contributed by atoms with Crippen molar-refractivity contribution in [3.63, 3.8) is 0 Å². The van der Waals surface area contributed by atoms with Crippen LogP contribution in [0.25, 0.3) is 0 Å². The fraction of sp³-hybridized carbons (Fsp3) is 0.312. The minimum Gasteiger partial charge on any atom is -0.306 e. The van der Waals surface area contributed by atoms with Gasteiger partial charge in [0.1, 0.15) is 5.82 Å². The number of nitrogens with zero attached hydrogens (tertiary/aromatic N) is 1. The maximum Gasteiger partial charge on any atom is 0.128 e. The molecule has 0 fully saturated rings. The molecule has 0 spiro atoms. The summed E-state index contributed by atoms with van der Waals surface area (Å²) in [6, 6.07) is 8.78. The van der Waals surface area contributed by atoms with Crippen LogP contribution in [-0.2, 0) is 6.42 Å². The number of hydrogen-bond donors (Lipinski definition) is 1. The molecule has 0 bridgehead atoms. The highest BCUT2D eigenvalue weighted by Crippen LogP contribution is 2.26. The van der Waals surface area contributed by atoms with Gasteiger partial charge in [0.05, 0.1) is 6.04 Å². The monoisotopic (exact) mass is 258 g/mol. The molecule has 0 amide bonds. The first-order valence-corrected chi connectivity index (χ1v) is 6.68. The molecule has 1 heterocycles. The maximum absolute atomic E-state index is 14.0. The Morgan fingerprint density at radius 3 is 2.63 bits per heavy atom. The number of aromatic nitrogens is 1. The van der Waals surface area contributed by atoms with Crippen LogP contribution in [0, 0.1) is 5.82 Å². The molecule has 3 heteroatoms. The van der Waals surface area contributed by atoms with Gasteiger partial charge in [-0.25, -0.2) is 4.39 Å². The molecule has 100 valence electrons. The van der Waals surface area contributed by atoms with Gasteiger partial charge in [0, 0.05) is 18.0 Å².